The van der Waals surface area contributed by atoms with Crippen LogP contribution in [0.4, 0.5) is 0 Å². The third-order valence-electron chi connectivity index (χ3n) is 20.6. The first-order valence-electron chi connectivity index (χ1n) is 33.2. The molecule has 0 spiro atoms. The third kappa shape index (κ3) is 8.26. The summed E-state index contributed by atoms with van der Waals surface area (Å²) in [5.74, 6) is 0. The molecule has 19 aromatic rings. The summed E-state index contributed by atoms with van der Waals surface area (Å²) in [7, 11) is -6.30. The van der Waals surface area contributed by atoms with Crippen LogP contribution in [0.3, 0.4) is 0 Å². The van der Waals surface area contributed by atoms with Crippen LogP contribution in [0.25, 0.3) is 110 Å². The van der Waals surface area contributed by atoms with Crippen LogP contribution in [-0.2, 0) is 0 Å². The topological polar surface area (TPSA) is 19.7 Å². The number of nitrogens with zero attached hydrogens (tertiary/aromatic N) is 4. The molecule has 4 aromatic heterocycles. The van der Waals surface area contributed by atoms with Crippen molar-refractivity contribution in [1.82, 2.24) is 18.3 Å². The van der Waals surface area contributed by atoms with Crippen LogP contribution in [0, 0.1) is 0 Å². The second kappa shape index (κ2) is 22.3. The van der Waals surface area contributed by atoms with Gasteiger partial charge in [-0.05, 0) is 139 Å². The molecule has 0 aliphatic heterocycles. The van der Waals surface area contributed by atoms with E-state index in [9.17, 15) is 0 Å². The average Bonchev–Trinajstić information content (AvgIpc) is 1.45. The lowest BCUT2D eigenvalue weighted by molar-refractivity contribution is 1.17. The Morgan fingerprint density at radius 3 is 0.938 bits per heavy atom. The van der Waals surface area contributed by atoms with Gasteiger partial charge in [-0.15, -0.1) is 0 Å². The molecule has 450 valence electrons. The maximum Gasteiger partial charge on any atom is 0.180 e. The van der Waals surface area contributed by atoms with E-state index in [0.29, 0.717) is 0 Å². The number of benzene rings is 15. The highest BCUT2D eigenvalue weighted by Crippen LogP contribution is 2.39. The van der Waals surface area contributed by atoms with Crippen LogP contribution in [0.15, 0.2) is 376 Å². The molecule has 0 N–H and O–H groups in total. The van der Waals surface area contributed by atoms with Crippen LogP contribution >= 0.6 is 0 Å². The molecule has 0 aliphatic rings. The van der Waals surface area contributed by atoms with Crippen molar-refractivity contribution in [3.8, 4) is 22.7 Å². The van der Waals surface area contributed by atoms with Crippen LogP contribution in [-0.4, -0.2) is 34.4 Å². The lowest BCUT2D eigenvalue weighted by Gasteiger charge is -2.35. The maximum absolute atomic E-state index is 3.21. The molecule has 0 saturated carbocycles. The summed E-state index contributed by atoms with van der Waals surface area (Å²) in [6.45, 7) is 0. The molecular weight excluding hydrogens is 1190 g/mol. The van der Waals surface area contributed by atoms with Crippen molar-refractivity contribution >= 4 is 145 Å². The van der Waals surface area contributed by atoms with Crippen molar-refractivity contribution in [2.75, 3.05) is 0 Å². The molecule has 0 fully saturated rings. The van der Waals surface area contributed by atoms with Crippen LogP contribution in [0.1, 0.15) is 0 Å². The fraction of sp³-hybridized carbons (Fsp3) is 0. The van der Waals surface area contributed by atoms with Gasteiger partial charge in [-0.3, -0.25) is 0 Å². The van der Waals surface area contributed by atoms with E-state index in [1.165, 1.54) is 118 Å². The predicted molar refractivity (Wildman–Crippen MR) is 411 cm³/mol. The lowest BCUT2D eigenvalue weighted by Crippen LogP contribution is -2.74. The fourth-order valence-corrected chi connectivity index (χ4v) is 26.5. The number of fused-ring (bicyclic) bond motifs is 12. The Morgan fingerprint density at radius 2 is 0.448 bits per heavy atom. The average molecular weight is 1260 g/mol. The van der Waals surface area contributed by atoms with Gasteiger partial charge in [0.15, 0.2) is 16.1 Å². The molecule has 15 aromatic carbocycles. The van der Waals surface area contributed by atoms with Crippen molar-refractivity contribution in [3.05, 3.63) is 376 Å². The number of para-hydroxylation sites is 6. The van der Waals surface area contributed by atoms with Crippen LogP contribution in [0.2, 0.25) is 0 Å². The van der Waals surface area contributed by atoms with Crippen molar-refractivity contribution in [3.63, 3.8) is 0 Å². The molecule has 0 bridgehead atoms. The summed E-state index contributed by atoms with van der Waals surface area (Å²) in [6, 6.07) is 142. The molecule has 0 unspecified atom stereocenters. The Labute approximate surface area is 558 Å². The van der Waals surface area contributed by atoms with Crippen molar-refractivity contribution in [2.45, 2.75) is 0 Å². The second-order valence-corrected chi connectivity index (χ2v) is 33.0. The quantitative estimate of drug-likeness (QED) is 0.0858. The van der Waals surface area contributed by atoms with Gasteiger partial charge in [0.2, 0.25) is 0 Å². The van der Waals surface area contributed by atoms with E-state index in [4.69, 9.17) is 0 Å². The summed E-state index contributed by atoms with van der Waals surface area (Å²) < 4.78 is 9.95. The lowest BCUT2D eigenvalue weighted by atomic mass is 10.1. The minimum atomic E-state index is -3.21. The molecule has 0 radical (unpaired) electrons. The van der Waals surface area contributed by atoms with Gasteiger partial charge in [0.05, 0.1) is 44.1 Å². The molecule has 0 saturated heterocycles. The van der Waals surface area contributed by atoms with Crippen LogP contribution < -0.4 is 41.5 Å². The largest absolute Gasteiger partial charge is 0.309 e. The van der Waals surface area contributed by atoms with E-state index < -0.39 is 16.1 Å². The van der Waals surface area contributed by atoms with Crippen molar-refractivity contribution in [2.24, 2.45) is 0 Å². The SMILES string of the molecule is c1ccc(-n2c3ccccc3c3cc([Si](c4ccccc4)(c4ccccc4)c4cccc(-n5c6ccccc6c6cc(-n7c8ccccc8c8c([Si](c9ccccc9)(c9ccccc9)c9cccc(-n%10c%11ccccc%11c%11ccccc%11%10)c9)cccc87)ccc65)c4)ccc32)cc1. The molecule has 19 rings (SSSR count). The van der Waals surface area contributed by atoms with E-state index in [1.807, 2.05) is 0 Å². The smallest absolute Gasteiger partial charge is 0.180 e. The number of hydrogen-bond donors (Lipinski definition) is 0. The maximum atomic E-state index is 2.54. The number of rotatable bonds is 12. The summed E-state index contributed by atoms with van der Waals surface area (Å²) in [5.41, 5.74) is 14.0. The van der Waals surface area contributed by atoms with Gasteiger partial charge >= 0.3 is 0 Å². The van der Waals surface area contributed by atoms with Gasteiger partial charge < -0.3 is 18.3 Å². The highest BCUT2D eigenvalue weighted by atomic mass is 28.3. The molecule has 4 heterocycles. The monoisotopic (exact) mass is 1250 g/mol. The Kier molecular flexibility index (Phi) is 12.9. The molecule has 0 atom stereocenters. The van der Waals surface area contributed by atoms with E-state index in [2.05, 4.69) is 394 Å². The second-order valence-electron chi connectivity index (χ2n) is 25.5. The van der Waals surface area contributed by atoms with Gasteiger partial charge in [-0.25, -0.2) is 0 Å². The van der Waals surface area contributed by atoms with Gasteiger partial charge in [-0.1, -0.05) is 279 Å². The predicted octanol–water partition coefficient (Wildman–Crippen LogP) is 16.8. The molecular formula is C90H62N4Si2. The van der Waals surface area contributed by atoms with Gasteiger partial charge in [-0.2, -0.15) is 0 Å². The fourth-order valence-electron chi connectivity index (χ4n) is 16.7. The zero-order valence-electron chi connectivity index (χ0n) is 52.6. The Hall–Kier alpha value is -12.1. The number of hydrogen-bond acceptors (Lipinski definition) is 0. The highest BCUT2D eigenvalue weighted by Gasteiger charge is 2.45. The molecule has 6 heteroatoms. The third-order valence-corrected chi connectivity index (χ3v) is 30.2. The molecule has 0 aliphatic carbocycles. The first-order chi connectivity index (χ1) is 47.7. The molecule has 4 nitrogen and oxygen atoms in total. The minimum absolute atomic E-state index is 1.12. The number of aromatic nitrogens is 4. The van der Waals surface area contributed by atoms with Crippen LogP contribution in [0.5, 0.6) is 0 Å². The Bertz CT molecular complexity index is 6070. The van der Waals surface area contributed by atoms with Gasteiger partial charge in [0, 0.05) is 65.8 Å². The normalized spacial score (nSPS) is 12.2. The Morgan fingerprint density at radius 1 is 0.156 bits per heavy atom. The van der Waals surface area contributed by atoms with Gasteiger partial charge in [0.25, 0.3) is 0 Å². The first kappa shape index (κ1) is 55.6. The summed E-state index contributed by atoms with van der Waals surface area (Å²) in [6.07, 6.45) is 0. The zero-order valence-corrected chi connectivity index (χ0v) is 54.6. The summed E-state index contributed by atoms with van der Waals surface area (Å²) >= 11 is 0. The minimum Gasteiger partial charge on any atom is -0.309 e. The standard InChI is InChI=1S/C90H62N4Si2/c1-6-29-63(30-7-1)91-83-50-23-19-46-77(83)80-62-73(56-58-87(80)91)95(67-33-8-2-9-34-67,68-35-10-3-11-36-68)71-41-26-31-64(59-71)93-84-51-24-18-45-76(84)79-61-66(55-57-86(79)93)94-85-52-25-20-47-78(85)90-88(94)53-28-54-89(90)96(69-37-12-4-13-38-69,70-39-14-5-15-40-70)72-42-27-32-65(60-72)92-81-48-21-16-43-74(81)75-44-17-22-49-82(75)92/h1-62H. The van der Waals surface area contributed by atoms with E-state index >= 15 is 0 Å². The zero-order chi connectivity index (χ0) is 63.3. The van der Waals surface area contributed by atoms with E-state index in [0.717, 1.165) is 33.8 Å². The molecule has 0 amide bonds. The summed E-state index contributed by atoms with van der Waals surface area (Å²) in [4.78, 5) is 0. The Balaban J connectivity index is 0.815. The van der Waals surface area contributed by atoms with Crippen molar-refractivity contribution < 1.29 is 0 Å². The van der Waals surface area contributed by atoms with Crippen molar-refractivity contribution in [1.29, 1.82) is 0 Å². The highest BCUT2D eigenvalue weighted by molar-refractivity contribution is 7.21. The van der Waals surface area contributed by atoms with E-state index in [-0.39, 0.29) is 0 Å². The van der Waals surface area contributed by atoms with E-state index in [1.54, 1.807) is 0 Å². The molecule has 96 heavy (non-hydrogen) atoms. The first-order valence-corrected chi connectivity index (χ1v) is 37.2. The summed E-state index contributed by atoms with van der Waals surface area (Å²) in [5, 5.41) is 20.6. The van der Waals surface area contributed by atoms with Gasteiger partial charge in [0.1, 0.15) is 0 Å².